The molecular formula is C15H23NO2. The van der Waals surface area contributed by atoms with E-state index in [0.717, 1.165) is 32.5 Å². The molecule has 2 rings (SSSR count). The molecule has 0 aliphatic carbocycles. The molecule has 0 bridgehead atoms. The lowest BCUT2D eigenvalue weighted by molar-refractivity contribution is -0.120. The summed E-state index contributed by atoms with van der Waals surface area (Å²) in [5.74, 6) is 0. The molecule has 1 atom stereocenters. The molecule has 1 aliphatic heterocycles. The Hall–Kier alpha value is -0.900. The van der Waals surface area contributed by atoms with Crippen LogP contribution in [0.5, 0.6) is 0 Å². The van der Waals surface area contributed by atoms with E-state index in [0.29, 0.717) is 6.61 Å². The van der Waals surface area contributed by atoms with Gasteiger partial charge in [-0.1, -0.05) is 30.3 Å². The highest BCUT2D eigenvalue weighted by molar-refractivity contribution is 5.17. The van der Waals surface area contributed by atoms with Crippen molar-refractivity contribution in [2.45, 2.75) is 37.8 Å². The first-order valence-corrected chi connectivity index (χ1v) is 6.78. The monoisotopic (exact) mass is 249 g/mol. The lowest BCUT2D eigenvalue weighted by Crippen LogP contribution is -2.54. The molecule has 1 aromatic carbocycles. The maximum Gasteiger partial charge on any atom is 0.0879 e. The molecule has 0 spiro atoms. The van der Waals surface area contributed by atoms with Crippen LogP contribution in [0.4, 0.5) is 0 Å². The van der Waals surface area contributed by atoms with Crippen molar-refractivity contribution in [1.29, 1.82) is 0 Å². The van der Waals surface area contributed by atoms with Gasteiger partial charge in [0.2, 0.25) is 0 Å². The van der Waals surface area contributed by atoms with Gasteiger partial charge in [0.05, 0.1) is 5.60 Å². The summed E-state index contributed by atoms with van der Waals surface area (Å²) in [6.45, 7) is 4.25. The molecule has 1 unspecified atom stereocenters. The Morgan fingerprint density at radius 2 is 1.94 bits per heavy atom. The van der Waals surface area contributed by atoms with E-state index in [9.17, 15) is 0 Å². The van der Waals surface area contributed by atoms with E-state index in [1.54, 1.807) is 0 Å². The summed E-state index contributed by atoms with van der Waals surface area (Å²) >= 11 is 0. The molecule has 3 heteroatoms. The number of benzene rings is 1. The largest absolute Gasteiger partial charge is 0.381 e. The van der Waals surface area contributed by atoms with Crippen molar-refractivity contribution in [2.24, 2.45) is 5.73 Å². The van der Waals surface area contributed by atoms with Crippen molar-refractivity contribution in [1.82, 2.24) is 0 Å². The van der Waals surface area contributed by atoms with Crippen LogP contribution >= 0.6 is 0 Å². The molecule has 1 saturated heterocycles. The second-order valence-electron chi connectivity index (χ2n) is 4.91. The van der Waals surface area contributed by atoms with Crippen LogP contribution < -0.4 is 5.73 Å². The average molecular weight is 249 g/mol. The molecule has 0 radical (unpaired) electrons. The van der Waals surface area contributed by atoms with E-state index in [-0.39, 0.29) is 11.6 Å². The fourth-order valence-electron chi connectivity index (χ4n) is 2.68. The van der Waals surface area contributed by atoms with Crippen LogP contribution in [0.15, 0.2) is 30.3 Å². The lowest BCUT2D eigenvalue weighted by atomic mass is 9.83. The van der Waals surface area contributed by atoms with Crippen LogP contribution in [0.3, 0.4) is 0 Å². The minimum atomic E-state index is -0.206. The summed E-state index contributed by atoms with van der Waals surface area (Å²) in [4.78, 5) is 0. The summed E-state index contributed by atoms with van der Waals surface area (Å²) < 4.78 is 11.4. The van der Waals surface area contributed by atoms with Gasteiger partial charge in [-0.2, -0.15) is 0 Å². The fourth-order valence-corrected chi connectivity index (χ4v) is 2.68. The highest BCUT2D eigenvalue weighted by Crippen LogP contribution is 2.29. The zero-order valence-electron chi connectivity index (χ0n) is 11.1. The SMILES string of the molecule is CCOC1(C(N)Cc2ccccc2)CCOCC1. The minimum absolute atomic E-state index is 0.0312. The molecule has 0 saturated carbocycles. The van der Waals surface area contributed by atoms with Crippen molar-refractivity contribution < 1.29 is 9.47 Å². The number of rotatable bonds is 5. The maximum absolute atomic E-state index is 6.42. The summed E-state index contributed by atoms with van der Waals surface area (Å²) in [5.41, 5.74) is 7.49. The van der Waals surface area contributed by atoms with E-state index in [1.165, 1.54) is 5.56 Å². The summed E-state index contributed by atoms with van der Waals surface area (Å²) in [5, 5.41) is 0. The molecule has 1 aliphatic rings. The van der Waals surface area contributed by atoms with Gasteiger partial charge in [-0.15, -0.1) is 0 Å². The number of nitrogens with two attached hydrogens (primary N) is 1. The molecule has 1 fully saturated rings. The molecule has 1 heterocycles. The van der Waals surface area contributed by atoms with Crippen LogP contribution in [0.1, 0.15) is 25.3 Å². The molecule has 0 aromatic heterocycles. The van der Waals surface area contributed by atoms with Crippen LogP contribution in [0.2, 0.25) is 0 Å². The van der Waals surface area contributed by atoms with Gasteiger partial charge >= 0.3 is 0 Å². The zero-order chi connectivity index (χ0) is 12.8. The van der Waals surface area contributed by atoms with Crippen molar-refractivity contribution in [2.75, 3.05) is 19.8 Å². The predicted molar refractivity (Wildman–Crippen MR) is 72.5 cm³/mol. The van der Waals surface area contributed by atoms with E-state index in [4.69, 9.17) is 15.2 Å². The topological polar surface area (TPSA) is 44.5 Å². The standard InChI is InChI=1S/C15H23NO2/c1-2-18-15(8-10-17-11-9-15)14(16)12-13-6-4-3-5-7-13/h3-7,14H,2,8-12,16H2,1H3. The van der Waals surface area contributed by atoms with Crippen LogP contribution in [-0.2, 0) is 15.9 Å². The fraction of sp³-hybridized carbons (Fsp3) is 0.600. The van der Waals surface area contributed by atoms with Crippen molar-refractivity contribution >= 4 is 0 Å². The quantitative estimate of drug-likeness (QED) is 0.869. The Morgan fingerprint density at radius 1 is 1.28 bits per heavy atom. The first-order valence-electron chi connectivity index (χ1n) is 6.78. The summed E-state index contributed by atoms with van der Waals surface area (Å²) in [6.07, 6.45) is 2.66. The van der Waals surface area contributed by atoms with Gasteiger partial charge in [0.1, 0.15) is 0 Å². The third-order valence-electron chi connectivity index (χ3n) is 3.75. The number of hydrogen-bond donors (Lipinski definition) is 1. The van der Waals surface area contributed by atoms with Gasteiger partial charge in [0, 0.05) is 38.7 Å². The van der Waals surface area contributed by atoms with Gasteiger partial charge < -0.3 is 15.2 Å². The van der Waals surface area contributed by atoms with Crippen molar-refractivity contribution in [3.63, 3.8) is 0 Å². The third-order valence-corrected chi connectivity index (χ3v) is 3.75. The van der Waals surface area contributed by atoms with Gasteiger partial charge in [-0.3, -0.25) is 0 Å². The first-order chi connectivity index (χ1) is 8.77. The highest BCUT2D eigenvalue weighted by Gasteiger charge is 2.39. The van der Waals surface area contributed by atoms with Gasteiger partial charge in [0.15, 0.2) is 0 Å². The third kappa shape index (κ3) is 3.10. The van der Waals surface area contributed by atoms with Gasteiger partial charge in [-0.25, -0.2) is 0 Å². The van der Waals surface area contributed by atoms with Gasteiger partial charge in [-0.05, 0) is 18.9 Å². The summed E-state index contributed by atoms with van der Waals surface area (Å²) in [6, 6.07) is 10.4. The van der Waals surface area contributed by atoms with E-state index in [1.807, 2.05) is 13.0 Å². The van der Waals surface area contributed by atoms with Crippen LogP contribution in [0, 0.1) is 0 Å². The molecular weight excluding hydrogens is 226 g/mol. The zero-order valence-corrected chi connectivity index (χ0v) is 11.1. The Labute approximate surface area is 109 Å². The van der Waals surface area contributed by atoms with Gasteiger partial charge in [0.25, 0.3) is 0 Å². The maximum atomic E-state index is 6.42. The van der Waals surface area contributed by atoms with E-state index < -0.39 is 0 Å². The molecule has 0 amide bonds. The molecule has 3 nitrogen and oxygen atoms in total. The van der Waals surface area contributed by atoms with Crippen molar-refractivity contribution in [3.8, 4) is 0 Å². The number of ether oxygens (including phenoxy) is 2. The Bertz CT molecular complexity index is 341. The lowest BCUT2D eigenvalue weighted by Gasteiger charge is -2.41. The van der Waals surface area contributed by atoms with Crippen LogP contribution in [-0.4, -0.2) is 31.5 Å². The normalized spacial score (nSPS) is 20.6. The van der Waals surface area contributed by atoms with Crippen molar-refractivity contribution in [3.05, 3.63) is 35.9 Å². The number of hydrogen-bond acceptors (Lipinski definition) is 3. The van der Waals surface area contributed by atoms with Crippen LogP contribution in [0.25, 0.3) is 0 Å². The molecule has 18 heavy (non-hydrogen) atoms. The Morgan fingerprint density at radius 3 is 2.56 bits per heavy atom. The minimum Gasteiger partial charge on any atom is -0.381 e. The highest BCUT2D eigenvalue weighted by atomic mass is 16.5. The molecule has 2 N–H and O–H groups in total. The second kappa shape index (κ2) is 6.32. The molecule has 100 valence electrons. The van der Waals surface area contributed by atoms with E-state index >= 15 is 0 Å². The van der Waals surface area contributed by atoms with E-state index in [2.05, 4.69) is 24.3 Å². The Balaban J connectivity index is 2.05. The first kappa shape index (κ1) is 13.5. The predicted octanol–water partition coefficient (Wildman–Crippen LogP) is 2.14. The smallest absolute Gasteiger partial charge is 0.0879 e. The second-order valence-corrected chi connectivity index (χ2v) is 4.91. The Kier molecular flexibility index (Phi) is 4.75. The average Bonchev–Trinajstić information content (AvgIpc) is 2.41. The molecule has 1 aromatic rings. The summed E-state index contributed by atoms with van der Waals surface area (Å²) in [7, 11) is 0.